The average Bonchev–Trinajstić information content (AvgIpc) is 2.41. The quantitative estimate of drug-likeness (QED) is 0.484. The summed E-state index contributed by atoms with van der Waals surface area (Å²) in [4.78, 5) is 0. The van der Waals surface area contributed by atoms with Crippen LogP contribution in [0.25, 0.3) is 0 Å². The summed E-state index contributed by atoms with van der Waals surface area (Å²) >= 11 is 0. The van der Waals surface area contributed by atoms with Crippen molar-refractivity contribution in [3.05, 3.63) is 58.9 Å². The Morgan fingerprint density at radius 2 is 1.21 bits per heavy atom. The van der Waals surface area contributed by atoms with Gasteiger partial charge in [0.25, 0.3) is 0 Å². The van der Waals surface area contributed by atoms with Gasteiger partial charge < -0.3 is 5.32 Å². The molecule has 0 aromatic heterocycles. The van der Waals surface area contributed by atoms with Crippen LogP contribution in [0.15, 0.2) is 24.3 Å². The number of para-hydroxylation sites is 1. The molecular weight excluding hydrogens is 265 g/mol. The van der Waals surface area contributed by atoms with Gasteiger partial charge in [0.15, 0.2) is 23.3 Å². The molecule has 1 nitrogen and oxygen atoms in total. The first-order valence-electron chi connectivity index (χ1n) is 5.27. The van der Waals surface area contributed by atoms with Crippen molar-refractivity contribution in [2.45, 2.75) is 6.92 Å². The Hall–Kier alpha value is -2.11. The van der Waals surface area contributed by atoms with Gasteiger partial charge in [-0.3, -0.25) is 0 Å². The molecule has 0 aliphatic carbocycles. The van der Waals surface area contributed by atoms with Crippen molar-refractivity contribution in [2.75, 3.05) is 5.32 Å². The van der Waals surface area contributed by atoms with Crippen LogP contribution >= 0.6 is 0 Å². The van der Waals surface area contributed by atoms with Gasteiger partial charge in [-0.15, -0.1) is 0 Å². The van der Waals surface area contributed by atoms with Gasteiger partial charge in [-0.2, -0.15) is 0 Å². The lowest BCUT2D eigenvalue weighted by Crippen LogP contribution is -2.07. The maximum Gasteiger partial charge on any atom is 0.200 e. The lowest BCUT2D eigenvalue weighted by molar-refractivity contribution is 0.382. The molecule has 0 saturated heterocycles. The van der Waals surface area contributed by atoms with E-state index in [4.69, 9.17) is 0 Å². The van der Waals surface area contributed by atoms with Crippen LogP contribution in [-0.2, 0) is 0 Å². The van der Waals surface area contributed by atoms with Gasteiger partial charge in [-0.25, -0.2) is 22.0 Å². The molecule has 0 atom stereocenters. The van der Waals surface area contributed by atoms with E-state index >= 15 is 0 Å². The smallest absolute Gasteiger partial charge is 0.200 e. The third-order valence-corrected chi connectivity index (χ3v) is 2.61. The normalized spacial score (nSPS) is 10.6. The first kappa shape index (κ1) is 13.3. The lowest BCUT2D eigenvalue weighted by Gasteiger charge is -2.12. The molecule has 0 fully saturated rings. The summed E-state index contributed by atoms with van der Waals surface area (Å²) in [6.07, 6.45) is 0. The summed E-state index contributed by atoms with van der Waals surface area (Å²) in [5, 5.41) is 2.22. The maximum absolute atomic E-state index is 13.4. The Bertz CT molecular complexity index is 610. The van der Waals surface area contributed by atoms with Crippen LogP contribution in [-0.4, -0.2) is 0 Å². The number of anilines is 2. The van der Waals surface area contributed by atoms with Crippen molar-refractivity contribution in [1.82, 2.24) is 0 Å². The van der Waals surface area contributed by atoms with Crippen molar-refractivity contribution < 1.29 is 22.0 Å². The molecule has 2 aromatic carbocycles. The minimum atomic E-state index is -2.18. The van der Waals surface area contributed by atoms with Crippen molar-refractivity contribution in [1.29, 1.82) is 0 Å². The van der Waals surface area contributed by atoms with Crippen molar-refractivity contribution in [2.24, 2.45) is 0 Å². The molecular formula is C13H8F5N. The highest BCUT2D eigenvalue weighted by Crippen LogP contribution is 2.30. The number of benzene rings is 2. The Morgan fingerprint density at radius 1 is 0.737 bits per heavy atom. The molecule has 0 saturated carbocycles. The summed E-state index contributed by atoms with van der Waals surface area (Å²) in [6, 6.07) is 6.35. The maximum atomic E-state index is 13.4. The number of hydrogen-bond acceptors (Lipinski definition) is 1. The molecule has 0 bridgehead atoms. The Balaban J connectivity index is 2.56. The Morgan fingerprint density at radius 3 is 1.74 bits per heavy atom. The average molecular weight is 273 g/mol. The van der Waals surface area contributed by atoms with Crippen LogP contribution in [0.1, 0.15) is 5.56 Å². The van der Waals surface area contributed by atoms with Gasteiger partial charge in [0.05, 0.1) is 0 Å². The van der Waals surface area contributed by atoms with Crippen LogP contribution < -0.4 is 5.32 Å². The van der Waals surface area contributed by atoms with Crippen LogP contribution in [0.3, 0.4) is 0 Å². The number of hydrogen-bond donors (Lipinski definition) is 1. The molecule has 2 rings (SSSR count). The number of aryl methyl sites for hydroxylation is 1. The summed E-state index contributed by atoms with van der Waals surface area (Å²) < 4.78 is 65.7. The summed E-state index contributed by atoms with van der Waals surface area (Å²) in [6.45, 7) is 1.63. The molecule has 0 amide bonds. The second-order valence-corrected chi connectivity index (χ2v) is 3.88. The molecule has 0 aliphatic heterocycles. The predicted molar refractivity (Wildman–Crippen MR) is 60.7 cm³/mol. The highest BCUT2D eigenvalue weighted by molar-refractivity contribution is 5.64. The van der Waals surface area contributed by atoms with E-state index in [0.29, 0.717) is 5.56 Å². The third kappa shape index (κ3) is 2.25. The van der Waals surface area contributed by atoms with Crippen molar-refractivity contribution in [3.8, 4) is 0 Å². The molecule has 6 heteroatoms. The van der Waals surface area contributed by atoms with Gasteiger partial charge in [0.1, 0.15) is 5.69 Å². The topological polar surface area (TPSA) is 12.0 Å². The van der Waals surface area contributed by atoms with Crippen molar-refractivity contribution >= 4 is 11.4 Å². The van der Waals surface area contributed by atoms with E-state index in [1.807, 2.05) is 0 Å². The fourth-order valence-corrected chi connectivity index (χ4v) is 1.56. The van der Waals surface area contributed by atoms with Crippen LogP contribution in [0.2, 0.25) is 0 Å². The second-order valence-electron chi connectivity index (χ2n) is 3.88. The standard InChI is InChI=1S/C13H8F5N/c1-6-4-2-3-5-7(6)19-13-11(17)9(15)8(14)10(16)12(13)18/h2-5,19H,1H3. The van der Waals surface area contributed by atoms with E-state index in [-0.39, 0.29) is 5.69 Å². The molecule has 100 valence electrons. The van der Waals surface area contributed by atoms with Crippen LogP contribution in [0.5, 0.6) is 0 Å². The summed E-state index contributed by atoms with van der Waals surface area (Å²) in [5.41, 5.74) is -0.206. The fourth-order valence-electron chi connectivity index (χ4n) is 1.56. The summed E-state index contributed by atoms with van der Waals surface area (Å²) in [5.74, 6) is -9.91. The van der Waals surface area contributed by atoms with Gasteiger partial charge in [-0.05, 0) is 18.6 Å². The van der Waals surface area contributed by atoms with Gasteiger partial charge in [0.2, 0.25) is 5.82 Å². The number of rotatable bonds is 2. The number of nitrogens with one attached hydrogen (secondary N) is 1. The van der Waals surface area contributed by atoms with E-state index in [1.54, 1.807) is 25.1 Å². The van der Waals surface area contributed by atoms with Gasteiger partial charge >= 0.3 is 0 Å². The predicted octanol–water partition coefficient (Wildman–Crippen LogP) is 4.43. The second kappa shape index (κ2) is 4.87. The fraction of sp³-hybridized carbons (Fsp3) is 0.0769. The minimum absolute atomic E-state index is 0.255. The first-order valence-corrected chi connectivity index (χ1v) is 5.27. The Kier molecular flexibility index (Phi) is 3.42. The molecule has 0 spiro atoms. The zero-order valence-electron chi connectivity index (χ0n) is 9.70. The van der Waals surface area contributed by atoms with E-state index in [1.165, 1.54) is 6.07 Å². The van der Waals surface area contributed by atoms with Crippen LogP contribution in [0.4, 0.5) is 33.3 Å². The molecule has 19 heavy (non-hydrogen) atoms. The van der Waals surface area contributed by atoms with Gasteiger partial charge in [0, 0.05) is 5.69 Å². The first-order chi connectivity index (χ1) is 8.93. The van der Waals surface area contributed by atoms with Gasteiger partial charge in [-0.1, -0.05) is 18.2 Å². The number of halogens is 5. The SMILES string of the molecule is Cc1ccccc1Nc1c(F)c(F)c(F)c(F)c1F. The van der Waals surface area contributed by atoms with Crippen molar-refractivity contribution in [3.63, 3.8) is 0 Å². The minimum Gasteiger partial charge on any atom is -0.350 e. The molecule has 1 N–H and O–H groups in total. The highest BCUT2D eigenvalue weighted by Gasteiger charge is 2.25. The molecule has 0 unspecified atom stereocenters. The zero-order valence-corrected chi connectivity index (χ0v) is 9.70. The highest BCUT2D eigenvalue weighted by atomic mass is 19.2. The lowest BCUT2D eigenvalue weighted by atomic mass is 10.2. The Labute approximate surface area is 105 Å². The van der Waals surface area contributed by atoms with E-state index < -0.39 is 34.8 Å². The van der Waals surface area contributed by atoms with Crippen LogP contribution in [0, 0.1) is 36.0 Å². The monoisotopic (exact) mass is 273 g/mol. The third-order valence-electron chi connectivity index (χ3n) is 2.61. The molecule has 0 heterocycles. The zero-order chi connectivity index (χ0) is 14.2. The van der Waals surface area contributed by atoms with E-state index in [2.05, 4.69) is 5.32 Å². The van der Waals surface area contributed by atoms with E-state index in [0.717, 1.165) is 0 Å². The molecule has 2 aromatic rings. The van der Waals surface area contributed by atoms with E-state index in [9.17, 15) is 22.0 Å². The molecule has 0 aliphatic rings. The largest absolute Gasteiger partial charge is 0.350 e. The summed E-state index contributed by atoms with van der Waals surface area (Å²) in [7, 11) is 0. The molecule has 0 radical (unpaired) electrons.